The van der Waals surface area contributed by atoms with E-state index in [1.165, 1.54) is 0 Å². The maximum atomic E-state index is 12.3. The van der Waals surface area contributed by atoms with E-state index in [1.54, 1.807) is 46.6 Å². The van der Waals surface area contributed by atoms with Crippen molar-refractivity contribution < 1.29 is 13.9 Å². The van der Waals surface area contributed by atoms with Gasteiger partial charge in [0, 0.05) is 16.0 Å². The summed E-state index contributed by atoms with van der Waals surface area (Å²) in [4.78, 5) is 23.1. The van der Waals surface area contributed by atoms with Gasteiger partial charge in [-0.3, -0.25) is 0 Å². The summed E-state index contributed by atoms with van der Waals surface area (Å²) in [5, 5.41) is 4.00. The van der Waals surface area contributed by atoms with Gasteiger partial charge in [-0.1, -0.05) is 6.07 Å². The van der Waals surface area contributed by atoms with Crippen molar-refractivity contribution in [2.75, 3.05) is 0 Å². The first-order valence-electron chi connectivity index (χ1n) is 8.46. The molecular formula is C20H16N2O3S3. The van der Waals surface area contributed by atoms with Gasteiger partial charge in [-0.15, -0.1) is 34.4 Å². The predicted octanol–water partition coefficient (Wildman–Crippen LogP) is 5.82. The number of esters is 1. The molecule has 3 aromatic heterocycles. The van der Waals surface area contributed by atoms with E-state index in [0.717, 1.165) is 21.2 Å². The van der Waals surface area contributed by atoms with Crippen LogP contribution in [0.25, 0.3) is 10.8 Å². The molecule has 4 aromatic rings. The van der Waals surface area contributed by atoms with E-state index in [0.29, 0.717) is 22.9 Å². The molecule has 0 N–H and O–H groups in total. The number of ether oxygens (including phenoxy) is 1. The van der Waals surface area contributed by atoms with Gasteiger partial charge in [-0.25, -0.2) is 14.8 Å². The predicted molar refractivity (Wildman–Crippen MR) is 112 cm³/mol. The minimum absolute atomic E-state index is 0.0832. The smallest absolute Gasteiger partial charge is 0.338 e. The number of thiophene rings is 1. The van der Waals surface area contributed by atoms with Gasteiger partial charge in [0.05, 0.1) is 21.6 Å². The Labute approximate surface area is 174 Å². The molecule has 0 atom stereocenters. The van der Waals surface area contributed by atoms with Crippen LogP contribution in [-0.4, -0.2) is 15.9 Å². The topological polar surface area (TPSA) is 65.2 Å². The molecule has 0 amide bonds. The van der Waals surface area contributed by atoms with E-state index < -0.39 is 0 Å². The van der Waals surface area contributed by atoms with Crippen LogP contribution in [-0.2, 0) is 17.1 Å². The molecule has 3 heterocycles. The summed E-state index contributed by atoms with van der Waals surface area (Å²) in [6, 6.07) is 11.3. The molecule has 0 fully saturated rings. The van der Waals surface area contributed by atoms with Crippen LogP contribution in [0.1, 0.15) is 27.5 Å². The molecule has 0 aliphatic heterocycles. The van der Waals surface area contributed by atoms with Crippen molar-refractivity contribution >= 4 is 40.4 Å². The zero-order valence-corrected chi connectivity index (χ0v) is 17.4. The number of thiazole rings is 1. The third kappa shape index (κ3) is 4.52. The zero-order chi connectivity index (χ0) is 19.3. The lowest BCUT2D eigenvalue weighted by Crippen LogP contribution is -2.06. The number of carbonyl (C=O) groups is 1. The number of carbonyl (C=O) groups excluding carboxylic acids is 1. The van der Waals surface area contributed by atoms with Gasteiger partial charge >= 0.3 is 5.97 Å². The molecule has 5 nitrogen and oxygen atoms in total. The molecule has 0 bridgehead atoms. The Morgan fingerprint density at radius 3 is 2.82 bits per heavy atom. The first kappa shape index (κ1) is 18.9. The fourth-order valence-electron chi connectivity index (χ4n) is 2.44. The lowest BCUT2D eigenvalue weighted by Gasteiger charge is -2.05. The largest absolute Gasteiger partial charge is 0.455 e. The Kier molecular flexibility index (Phi) is 5.90. The molecular weight excluding hydrogens is 412 g/mol. The van der Waals surface area contributed by atoms with E-state index in [4.69, 9.17) is 9.15 Å². The van der Waals surface area contributed by atoms with E-state index in [-0.39, 0.29) is 12.6 Å². The number of aryl methyl sites for hydroxylation is 1. The lowest BCUT2D eigenvalue weighted by atomic mass is 10.2. The molecule has 0 spiro atoms. The minimum Gasteiger partial charge on any atom is -0.455 e. The standard InChI is InChI=1S/C20H16N2O3S3/c1-13-17(22-19(25-13)18-3-2-8-27-18)9-24-20(23)14-4-6-16(7-5-14)28-11-15-10-26-12-21-15/h2-8,10,12H,9,11H2,1H3. The molecule has 0 saturated carbocycles. The summed E-state index contributed by atoms with van der Waals surface area (Å²) in [5.41, 5.74) is 4.03. The van der Waals surface area contributed by atoms with Crippen LogP contribution in [0, 0.1) is 6.92 Å². The van der Waals surface area contributed by atoms with Crippen molar-refractivity contribution in [3.63, 3.8) is 0 Å². The second-order valence-electron chi connectivity index (χ2n) is 5.87. The maximum Gasteiger partial charge on any atom is 0.338 e. The Morgan fingerprint density at radius 1 is 1.25 bits per heavy atom. The fourth-order valence-corrected chi connectivity index (χ4v) is 4.55. The van der Waals surface area contributed by atoms with Crippen molar-refractivity contribution in [3.8, 4) is 10.8 Å². The van der Waals surface area contributed by atoms with Crippen LogP contribution in [0.2, 0.25) is 0 Å². The van der Waals surface area contributed by atoms with Crippen molar-refractivity contribution in [1.29, 1.82) is 0 Å². The number of hydrogen-bond acceptors (Lipinski definition) is 8. The highest BCUT2D eigenvalue weighted by Gasteiger charge is 2.15. The average Bonchev–Trinajstić information content (AvgIpc) is 3.47. The first-order valence-corrected chi connectivity index (χ1v) is 11.3. The SMILES string of the molecule is Cc1oc(-c2cccs2)nc1COC(=O)c1ccc(SCc2cscn2)cc1. The fraction of sp³-hybridized carbons (Fsp3) is 0.150. The Balaban J connectivity index is 1.33. The minimum atomic E-state index is -0.379. The highest BCUT2D eigenvalue weighted by atomic mass is 32.2. The van der Waals surface area contributed by atoms with E-state index in [1.807, 2.05) is 47.5 Å². The molecule has 4 rings (SSSR count). The summed E-state index contributed by atoms with van der Waals surface area (Å²) in [5.74, 6) is 1.65. The average molecular weight is 429 g/mol. The summed E-state index contributed by atoms with van der Waals surface area (Å²) in [6.07, 6.45) is 0. The van der Waals surface area contributed by atoms with Crippen LogP contribution in [0.4, 0.5) is 0 Å². The van der Waals surface area contributed by atoms with Gasteiger partial charge < -0.3 is 9.15 Å². The first-order chi connectivity index (χ1) is 13.7. The van der Waals surface area contributed by atoms with Crippen LogP contribution in [0.5, 0.6) is 0 Å². The molecule has 1 aromatic carbocycles. The number of rotatable bonds is 7. The number of thioether (sulfide) groups is 1. The maximum absolute atomic E-state index is 12.3. The molecule has 0 aliphatic carbocycles. The molecule has 0 saturated heterocycles. The summed E-state index contributed by atoms with van der Waals surface area (Å²) < 4.78 is 11.1. The highest BCUT2D eigenvalue weighted by Crippen LogP contribution is 2.26. The van der Waals surface area contributed by atoms with Gasteiger partial charge in [0.15, 0.2) is 0 Å². The lowest BCUT2D eigenvalue weighted by molar-refractivity contribution is 0.0467. The summed E-state index contributed by atoms with van der Waals surface area (Å²) in [6.45, 7) is 1.90. The Hall–Kier alpha value is -2.42. The molecule has 8 heteroatoms. The molecule has 0 aliphatic rings. The van der Waals surface area contributed by atoms with Gasteiger partial charge in [0.2, 0.25) is 5.89 Å². The second-order valence-corrected chi connectivity index (χ2v) is 8.58. The van der Waals surface area contributed by atoms with Gasteiger partial charge in [-0.2, -0.15) is 0 Å². The van der Waals surface area contributed by atoms with E-state index in [9.17, 15) is 4.79 Å². The van der Waals surface area contributed by atoms with Crippen molar-refractivity contribution in [2.24, 2.45) is 0 Å². The Bertz CT molecular complexity index is 1040. The highest BCUT2D eigenvalue weighted by molar-refractivity contribution is 7.98. The molecule has 28 heavy (non-hydrogen) atoms. The summed E-state index contributed by atoms with van der Waals surface area (Å²) in [7, 11) is 0. The molecule has 0 radical (unpaired) electrons. The second kappa shape index (κ2) is 8.72. The number of hydrogen-bond donors (Lipinski definition) is 0. The number of oxazole rings is 1. The Morgan fingerprint density at radius 2 is 2.11 bits per heavy atom. The van der Waals surface area contributed by atoms with Crippen LogP contribution < -0.4 is 0 Å². The molecule has 142 valence electrons. The zero-order valence-electron chi connectivity index (χ0n) is 15.0. The van der Waals surface area contributed by atoms with Gasteiger partial charge in [0.1, 0.15) is 18.1 Å². The van der Waals surface area contributed by atoms with Crippen LogP contribution in [0.15, 0.2) is 62.0 Å². The third-order valence-electron chi connectivity index (χ3n) is 3.92. The summed E-state index contributed by atoms with van der Waals surface area (Å²) >= 11 is 4.83. The van der Waals surface area contributed by atoms with Gasteiger partial charge in [0.25, 0.3) is 0 Å². The van der Waals surface area contributed by atoms with Crippen molar-refractivity contribution in [2.45, 2.75) is 24.2 Å². The number of benzene rings is 1. The van der Waals surface area contributed by atoms with Gasteiger partial charge in [-0.05, 0) is 42.6 Å². The van der Waals surface area contributed by atoms with Crippen molar-refractivity contribution in [1.82, 2.24) is 9.97 Å². The molecule has 0 unspecified atom stereocenters. The number of nitrogens with zero attached hydrogens (tertiary/aromatic N) is 2. The van der Waals surface area contributed by atoms with E-state index in [2.05, 4.69) is 9.97 Å². The monoisotopic (exact) mass is 428 g/mol. The number of aromatic nitrogens is 2. The van der Waals surface area contributed by atoms with E-state index >= 15 is 0 Å². The normalized spacial score (nSPS) is 10.9. The third-order valence-corrected chi connectivity index (χ3v) is 6.46. The van der Waals surface area contributed by atoms with Crippen LogP contribution in [0.3, 0.4) is 0 Å². The quantitative estimate of drug-likeness (QED) is 0.273. The van der Waals surface area contributed by atoms with Crippen molar-refractivity contribution in [3.05, 3.63) is 75.4 Å². The van der Waals surface area contributed by atoms with Crippen LogP contribution >= 0.6 is 34.4 Å².